The van der Waals surface area contributed by atoms with E-state index in [0.717, 1.165) is 44.3 Å². The van der Waals surface area contributed by atoms with Crippen LogP contribution in [0.15, 0.2) is 18.2 Å². The first-order valence-electron chi connectivity index (χ1n) is 11.4. The van der Waals surface area contributed by atoms with E-state index >= 15 is 0 Å². The van der Waals surface area contributed by atoms with E-state index in [9.17, 15) is 4.79 Å². The highest BCUT2D eigenvalue weighted by Crippen LogP contribution is 2.47. The maximum Gasteiger partial charge on any atom is 0.136 e. The molecule has 29 heavy (non-hydrogen) atoms. The van der Waals surface area contributed by atoms with Crippen LogP contribution in [0.3, 0.4) is 0 Å². The molecule has 0 amide bonds. The number of unbranched alkanes of at least 4 members (excludes halogenated alkanes) is 2. The van der Waals surface area contributed by atoms with Gasteiger partial charge in [0, 0.05) is 12.3 Å². The van der Waals surface area contributed by atoms with Crippen molar-refractivity contribution in [2.24, 2.45) is 17.8 Å². The van der Waals surface area contributed by atoms with Gasteiger partial charge in [0.25, 0.3) is 0 Å². The van der Waals surface area contributed by atoms with E-state index in [-0.39, 0.29) is 5.92 Å². The van der Waals surface area contributed by atoms with Gasteiger partial charge in [0.1, 0.15) is 11.5 Å². The molecule has 2 aliphatic carbocycles. The first-order valence-corrected chi connectivity index (χ1v) is 15.4. The fourth-order valence-corrected chi connectivity index (χ4v) is 6.53. The second-order valence-electron chi connectivity index (χ2n) is 8.10. The molecule has 0 heterocycles. The first-order chi connectivity index (χ1) is 14.2. The number of ether oxygens (including phenoxy) is 1. The van der Waals surface area contributed by atoms with Gasteiger partial charge in [-0.05, 0) is 83.2 Å². The van der Waals surface area contributed by atoms with Crippen LogP contribution >= 0.6 is 28.5 Å². The number of hydrogen-bond donors (Lipinski definition) is 0. The van der Waals surface area contributed by atoms with Crippen molar-refractivity contribution in [1.29, 1.82) is 0 Å². The van der Waals surface area contributed by atoms with Crippen LogP contribution in [0.5, 0.6) is 5.75 Å². The maximum absolute atomic E-state index is 12.8. The lowest BCUT2D eigenvalue weighted by Gasteiger charge is -2.31. The normalized spacial score (nSPS) is 24.0. The Morgan fingerprint density at radius 3 is 2.66 bits per heavy atom. The standard InChI is InChI=1S/C22H32IO3P.C2H6/c1-3-4-5-8-17(26-27-23)10-11-18-19-12-15-7-6-9-22(25-2)20(15)13-16(19)14-21(18)24;1-2/h6-7,9,16-19,27H,3-5,8,10-14H2,1-2H3;1-2H3. The summed E-state index contributed by atoms with van der Waals surface area (Å²) in [4.78, 5) is 12.8. The van der Waals surface area contributed by atoms with Crippen LogP contribution < -0.4 is 4.74 Å². The smallest absolute Gasteiger partial charge is 0.136 e. The number of rotatable bonds is 10. The average molecular weight is 532 g/mol. The summed E-state index contributed by atoms with van der Waals surface area (Å²) in [6.07, 6.45) is 10.0. The lowest BCUT2D eigenvalue weighted by molar-refractivity contribution is -0.121. The summed E-state index contributed by atoms with van der Waals surface area (Å²) >= 11 is 2.32. The minimum absolute atomic E-state index is 0.226. The third kappa shape index (κ3) is 6.64. The highest BCUT2D eigenvalue weighted by Gasteiger charge is 2.44. The molecule has 1 aromatic carbocycles. The Bertz CT molecular complexity index is 637. The maximum atomic E-state index is 12.8. The van der Waals surface area contributed by atoms with Crippen LogP contribution in [0.4, 0.5) is 0 Å². The van der Waals surface area contributed by atoms with Gasteiger partial charge < -0.3 is 9.26 Å². The number of ketones is 1. The Labute approximate surface area is 192 Å². The third-order valence-corrected chi connectivity index (χ3v) is 7.70. The lowest BCUT2D eigenvalue weighted by atomic mass is 9.73. The van der Waals surface area contributed by atoms with Crippen molar-refractivity contribution >= 4 is 34.3 Å². The lowest BCUT2D eigenvalue weighted by Crippen LogP contribution is -2.27. The molecule has 0 N–H and O–H groups in total. The molecule has 164 valence electrons. The van der Waals surface area contributed by atoms with Crippen molar-refractivity contribution in [1.82, 2.24) is 0 Å². The van der Waals surface area contributed by atoms with E-state index in [2.05, 4.69) is 47.2 Å². The molecule has 0 radical (unpaired) electrons. The highest BCUT2D eigenvalue weighted by atomic mass is 127. The molecule has 0 bridgehead atoms. The minimum Gasteiger partial charge on any atom is -0.496 e. The second-order valence-corrected chi connectivity index (χ2v) is 9.81. The van der Waals surface area contributed by atoms with E-state index in [1.54, 1.807) is 7.11 Å². The van der Waals surface area contributed by atoms with E-state index in [0.29, 0.717) is 30.2 Å². The van der Waals surface area contributed by atoms with Crippen molar-refractivity contribution in [2.45, 2.75) is 84.7 Å². The van der Waals surface area contributed by atoms with E-state index in [1.807, 2.05) is 13.8 Å². The Morgan fingerprint density at radius 2 is 1.97 bits per heavy atom. The largest absolute Gasteiger partial charge is 0.496 e. The summed E-state index contributed by atoms with van der Waals surface area (Å²) < 4.78 is 11.6. The molecule has 0 saturated heterocycles. The van der Waals surface area contributed by atoms with E-state index < -0.39 is 0 Å². The second kappa shape index (κ2) is 13.3. The number of fused-ring (bicyclic) bond motifs is 2. The number of carbonyl (C=O) groups is 1. The predicted octanol–water partition coefficient (Wildman–Crippen LogP) is 7.33. The van der Waals surface area contributed by atoms with Crippen molar-refractivity contribution in [2.75, 3.05) is 7.11 Å². The molecule has 1 saturated carbocycles. The Hall–Kier alpha value is -0.190. The van der Waals surface area contributed by atoms with Gasteiger partial charge in [0.15, 0.2) is 0 Å². The van der Waals surface area contributed by atoms with Crippen LogP contribution in [-0.4, -0.2) is 19.0 Å². The zero-order valence-corrected chi connectivity index (χ0v) is 21.7. The summed E-state index contributed by atoms with van der Waals surface area (Å²) in [7, 11) is 1.75. The average Bonchev–Trinajstić information content (AvgIpc) is 3.05. The van der Waals surface area contributed by atoms with Crippen LogP contribution in [0.2, 0.25) is 0 Å². The summed E-state index contributed by atoms with van der Waals surface area (Å²) in [5.41, 5.74) is 2.72. The Kier molecular flexibility index (Phi) is 11.5. The van der Waals surface area contributed by atoms with Crippen LogP contribution in [0.1, 0.15) is 76.8 Å². The molecule has 5 heteroatoms. The van der Waals surface area contributed by atoms with Gasteiger partial charge >= 0.3 is 0 Å². The first kappa shape index (κ1) is 25.1. The Balaban J connectivity index is 0.00000145. The van der Waals surface area contributed by atoms with E-state index in [1.165, 1.54) is 30.4 Å². The summed E-state index contributed by atoms with van der Waals surface area (Å²) in [5.74, 6) is 2.71. The number of methoxy groups -OCH3 is 1. The summed E-state index contributed by atoms with van der Waals surface area (Å²) in [6.45, 7) is 6.75. The predicted molar refractivity (Wildman–Crippen MR) is 132 cm³/mol. The number of benzene rings is 1. The van der Waals surface area contributed by atoms with Crippen LogP contribution in [-0.2, 0) is 22.2 Å². The molecular weight excluding hydrogens is 494 g/mol. The Morgan fingerprint density at radius 1 is 1.17 bits per heavy atom. The topological polar surface area (TPSA) is 35.5 Å². The number of hydrogen-bond acceptors (Lipinski definition) is 3. The number of carbonyl (C=O) groups excluding carboxylic acids is 1. The molecule has 0 spiro atoms. The van der Waals surface area contributed by atoms with Crippen molar-refractivity contribution in [3.63, 3.8) is 0 Å². The molecule has 5 atom stereocenters. The summed E-state index contributed by atoms with van der Waals surface area (Å²) in [6, 6.07) is 6.36. The van der Waals surface area contributed by atoms with Crippen molar-refractivity contribution in [3.05, 3.63) is 29.3 Å². The highest BCUT2D eigenvalue weighted by molar-refractivity contribution is 14.2. The molecule has 0 aromatic heterocycles. The zero-order valence-electron chi connectivity index (χ0n) is 18.5. The summed E-state index contributed by atoms with van der Waals surface area (Å²) in [5, 5.41) is 0. The van der Waals surface area contributed by atoms with Gasteiger partial charge in [-0.3, -0.25) is 4.79 Å². The molecule has 3 rings (SSSR count). The van der Waals surface area contributed by atoms with Gasteiger partial charge in [0.2, 0.25) is 0 Å². The minimum atomic E-state index is 0.226. The van der Waals surface area contributed by atoms with Crippen LogP contribution in [0, 0.1) is 17.8 Å². The van der Waals surface area contributed by atoms with Gasteiger partial charge in [-0.25, -0.2) is 0 Å². The van der Waals surface area contributed by atoms with Crippen molar-refractivity contribution in [3.8, 4) is 5.75 Å². The number of Topliss-reactive ketones (excluding diaryl/α,β-unsaturated/α-hetero) is 1. The molecular formula is C24H38IO3P. The third-order valence-electron chi connectivity index (χ3n) is 6.51. The molecule has 1 aromatic rings. The SMILES string of the molecule is CC.CCCCCC(CCC1C(=O)CC2Cc3c(cccc3OC)CC21)OPI. The van der Waals surface area contributed by atoms with E-state index in [4.69, 9.17) is 9.26 Å². The zero-order chi connectivity index (χ0) is 21.2. The molecule has 3 nitrogen and oxygen atoms in total. The van der Waals surface area contributed by atoms with Gasteiger partial charge in [0.05, 0.1) is 19.7 Å². The van der Waals surface area contributed by atoms with Crippen molar-refractivity contribution < 1.29 is 14.1 Å². The van der Waals surface area contributed by atoms with Gasteiger partial charge in [-0.15, -0.1) is 0 Å². The number of halogens is 1. The van der Waals surface area contributed by atoms with Gasteiger partial charge in [-0.2, -0.15) is 0 Å². The monoisotopic (exact) mass is 532 g/mol. The fourth-order valence-electron chi connectivity index (χ4n) is 5.09. The molecule has 5 unspecified atom stereocenters. The molecule has 2 aliphatic rings. The van der Waals surface area contributed by atoms with Crippen LogP contribution in [0.25, 0.3) is 0 Å². The molecule has 1 fully saturated rings. The molecule has 0 aliphatic heterocycles. The fraction of sp³-hybridized carbons (Fsp3) is 0.708. The quantitative estimate of drug-likeness (QED) is 0.180. The van der Waals surface area contributed by atoms with Gasteiger partial charge in [-0.1, -0.05) is 52.2 Å².